The second-order valence-corrected chi connectivity index (χ2v) is 15.8. The summed E-state index contributed by atoms with van der Waals surface area (Å²) in [5.41, 5.74) is 0. The smallest absolute Gasteiger partial charge is 0.457 e. The molecule has 0 aromatic rings. The summed E-state index contributed by atoms with van der Waals surface area (Å²) in [7, 11) is -4.52. The molecule has 9 nitrogen and oxygen atoms in total. The second kappa shape index (κ2) is 42.5. The molecule has 0 saturated heterocycles. The lowest BCUT2D eigenvalue weighted by Gasteiger charge is -2.20. The number of phosphoric ester groups is 1. The molecule has 0 saturated carbocycles. The van der Waals surface area contributed by atoms with Crippen molar-refractivity contribution in [3.05, 3.63) is 72.9 Å². The van der Waals surface area contributed by atoms with Gasteiger partial charge in [0.05, 0.1) is 26.4 Å². The van der Waals surface area contributed by atoms with E-state index in [-0.39, 0.29) is 19.6 Å². The van der Waals surface area contributed by atoms with Crippen molar-refractivity contribution in [3.8, 4) is 0 Å². The van der Waals surface area contributed by atoms with Gasteiger partial charge in [0.2, 0.25) is 0 Å². The Bertz CT molecular complexity index is 1100. The van der Waals surface area contributed by atoms with Gasteiger partial charge in [0.25, 0.3) is 0 Å². The molecule has 0 aliphatic carbocycles. The number of unbranched alkanes of at least 4 members (excludes halogenated alkanes) is 15. The summed E-state index contributed by atoms with van der Waals surface area (Å²) in [4.78, 5) is 22.5. The van der Waals surface area contributed by atoms with E-state index in [0.29, 0.717) is 13.0 Å². The fourth-order valence-electron chi connectivity index (χ4n) is 5.54. The Balaban J connectivity index is 4.12. The average molecular weight is 809 g/mol. The maximum atomic E-state index is 12.6. The van der Waals surface area contributed by atoms with E-state index in [1.54, 1.807) is 0 Å². The number of aliphatic hydroxyl groups is 2. The molecule has 0 aliphatic heterocycles. The van der Waals surface area contributed by atoms with Crippen molar-refractivity contribution in [3.63, 3.8) is 0 Å². The molecule has 0 radical (unpaired) electrons. The van der Waals surface area contributed by atoms with Crippen molar-refractivity contribution in [2.45, 2.75) is 180 Å². The third kappa shape index (κ3) is 41.5. The van der Waals surface area contributed by atoms with E-state index < -0.39 is 39.2 Å². The number of allylic oxidation sites excluding steroid dienone is 12. The number of carbonyl (C=O) groups excluding carboxylic acids is 1. The van der Waals surface area contributed by atoms with Crippen LogP contribution in [-0.2, 0) is 27.9 Å². The van der Waals surface area contributed by atoms with Crippen LogP contribution in [0, 0.1) is 0 Å². The van der Waals surface area contributed by atoms with Gasteiger partial charge in [0.15, 0.2) is 0 Å². The standard InChI is InChI=1S/C46H81O9P/c1-3-5-7-9-11-13-15-16-17-18-19-20-21-22-23-24-25-26-27-29-31-33-35-37-39-52-42-45(43-54-56(50,51)53-41-44(48)40-47)55-46(49)38-36-34-32-30-28-14-12-10-8-6-4-2/h5,7,10-13,16-17,19-20,22-23,44-45,47-48H,3-4,6,8-9,14-15,18,21,24-43H2,1-2H3,(H,50,51)/b7-5-,12-10-,13-11-,17-16-,20-19-,23-22-. The van der Waals surface area contributed by atoms with Gasteiger partial charge in [-0.2, -0.15) is 0 Å². The van der Waals surface area contributed by atoms with Crippen LogP contribution >= 0.6 is 7.82 Å². The summed E-state index contributed by atoms with van der Waals surface area (Å²) in [6, 6.07) is 0. The highest BCUT2D eigenvalue weighted by atomic mass is 31.2. The third-order valence-electron chi connectivity index (χ3n) is 8.88. The highest BCUT2D eigenvalue weighted by molar-refractivity contribution is 7.47. The molecule has 0 rings (SSSR count). The average Bonchev–Trinajstić information content (AvgIpc) is 3.19. The summed E-state index contributed by atoms with van der Waals surface area (Å²) >= 11 is 0. The largest absolute Gasteiger partial charge is 0.472 e. The Morgan fingerprint density at radius 1 is 0.571 bits per heavy atom. The quantitative estimate of drug-likeness (QED) is 0.0239. The van der Waals surface area contributed by atoms with Gasteiger partial charge in [-0.1, -0.05) is 157 Å². The molecular weight excluding hydrogens is 727 g/mol. The van der Waals surface area contributed by atoms with Gasteiger partial charge >= 0.3 is 13.8 Å². The maximum Gasteiger partial charge on any atom is 0.472 e. The zero-order valence-electron chi connectivity index (χ0n) is 35.3. The van der Waals surface area contributed by atoms with E-state index in [9.17, 15) is 19.4 Å². The fraction of sp³-hybridized carbons (Fsp3) is 0.717. The van der Waals surface area contributed by atoms with Crippen LogP contribution in [0.5, 0.6) is 0 Å². The Labute approximate surface area is 342 Å². The van der Waals surface area contributed by atoms with Crippen LogP contribution in [0.25, 0.3) is 0 Å². The summed E-state index contributed by atoms with van der Waals surface area (Å²) in [6.07, 6.45) is 50.1. The van der Waals surface area contributed by atoms with Crippen LogP contribution in [-0.4, -0.2) is 66.3 Å². The summed E-state index contributed by atoms with van der Waals surface area (Å²) < 4.78 is 33.3. The first-order chi connectivity index (χ1) is 27.3. The van der Waals surface area contributed by atoms with E-state index in [1.165, 1.54) is 44.9 Å². The number of hydrogen-bond acceptors (Lipinski definition) is 8. The molecule has 0 aromatic heterocycles. The molecule has 0 heterocycles. The normalized spacial score (nSPS) is 14.7. The molecule has 324 valence electrons. The van der Waals surface area contributed by atoms with Gasteiger partial charge in [-0.3, -0.25) is 13.8 Å². The van der Waals surface area contributed by atoms with Crippen molar-refractivity contribution in [1.29, 1.82) is 0 Å². The first-order valence-electron chi connectivity index (χ1n) is 21.9. The number of rotatable bonds is 41. The van der Waals surface area contributed by atoms with Gasteiger partial charge in [-0.15, -0.1) is 0 Å². The number of hydrogen-bond donors (Lipinski definition) is 3. The van der Waals surface area contributed by atoms with E-state index in [2.05, 4.69) is 86.8 Å². The van der Waals surface area contributed by atoms with Crippen molar-refractivity contribution >= 4 is 13.8 Å². The number of carbonyl (C=O) groups is 1. The lowest BCUT2D eigenvalue weighted by Crippen LogP contribution is -2.29. The monoisotopic (exact) mass is 809 g/mol. The van der Waals surface area contributed by atoms with Crippen LogP contribution < -0.4 is 0 Å². The summed E-state index contributed by atoms with van der Waals surface area (Å²) in [5, 5.41) is 18.3. The molecule has 0 aliphatic rings. The lowest BCUT2D eigenvalue weighted by atomic mass is 10.1. The molecule has 56 heavy (non-hydrogen) atoms. The molecule has 0 fully saturated rings. The molecule has 0 aromatic carbocycles. The van der Waals surface area contributed by atoms with Crippen molar-refractivity contribution < 1.29 is 43.0 Å². The van der Waals surface area contributed by atoms with Crippen molar-refractivity contribution in [1.82, 2.24) is 0 Å². The molecular formula is C46H81O9P. The number of aliphatic hydroxyl groups excluding tert-OH is 2. The topological polar surface area (TPSA) is 132 Å². The van der Waals surface area contributed by atoms with E-state index in [1.807, 2.05) is 0 Å². The number of esters is 1. The molecule has 0 bridgehead atoms. The van der Waals surface area contributed by atoms with E-state index in [4.69, 9.17) is 23.6 Å². The third-order valence-corrected chi connectivity index (χ3v) is 9.83. The first-order valence-corrected chi connectivity index (χ1v) is 23.4. The van der Waals surface area contributed by atoms with Crippen LogP contribution in [0.2, 0.25) is 0 Å². The van der Waals surface area contributed by atoms with E-state index in [0.717, 1.165) is 96.3 Å². The molecule has 3 atom stereocenters. The predicted molar refractivity (Wildman–Crippen MR) is 233 cm³/mol. The Morgan fingerprint density at radius 2 is 1.02 bits per heavy atom. The molecule has 3 unspecified atom stereocenters. The minimum atomic E-state index is -4.52. The molecule has 0 amide bonds. The van der Waals surface area contributed by atoms with E-state index >= 15 is 0 Å². The maximum absolute atomic E-state index is 12.6. The van der Waals surface area contributed by atoms with Gasteiger partial charge in [-0.05, 0) is 77.0 Å². The number of ether oxygens (including phenoxy) is 2. The minimum Gasteiger partial charge on any atom is -0.457 e. The Morgan fingerprint density at radius 3 is 1.55 bits per heavy atom. The molecule has 0 spiro atoms. The zero-order chi connectivity index (χ0) is 41.1. The number of phosphoric acid groups is 1. The highest BCUT2D eigenvalue weighted by Gasteiger charge is 2.26. The predicted octanol–water partition coefficient (Wildman–Crippen LogP) is 12.1. The van der Waals surface area contributed by atoms with Gasteiger partial charge < -0.3 is 24.6 Å². The highest BCUT2D eigenvalue weighted by Crippen LogP contribution is 2.43. The SMILES string of the molecule is CC/C=C\C/C=C\C/C=C\C/C=C\C/C=C\CCCCCCCCCCOCC(COP(=O)(O)OCC(O)CO)OC(=O)CCCCCCC/C=C\CCCC. The lowest BCUT2D eigenvalue weighted by molar-refractivity contribution is -0.154. The second-order valence-electron chi connectivity index (χ2n) is 14.3. The zero-order valence-corrected chi connectivity index (χ0v) is 36.2. The van der Waals surface area contributed by atoms with Crippen molar-refractivity contribution in [2.24, 2.45) is 0 Å². The fourth-order valence-corrected chi connectivity index (χ4v) is 6.33. The molecule has 10 heteroatoms. The van der Waals surface area contributed by atoms with Crippen LogP contribution in [0.1, 0.15) is 168 Å². The molecule has 3 N–H and O–H groups in total. The van der Waals surface area contributed by atoms with Gasteiger partial charge in [-0.25, -0.2) is 4.57 Å². The summed E-state index contributed by atoms with van der Waals surface area (Å²) in [5.74, 6) is -0.400. The van der Waals surface area contributed by atoms with Gasteiger partial charge in [0, 0.05) is 13.0 Å². The van der Waals surface area contributed by atoms with Crippen molar-refractivity contribution in [2.75, 3.05) is 33.0 Å². The van der Waals surface area contributed by atoms with Gasteiger partial charge in [0.1, 0.15) is 12.2 Å². The van der Waals surface area contributed by atoms with Crippen LogP contribution in [0.15, 0.2) is 72.9 Å². The summed E-state index contributed by atoms with van der Waals surface area (Å²) in [6.45, 7) is 3.31. The Kier molecular flexibility index (Phi) is 40.9. The minimum absolute atomic E-state index is 0.0364. The van der Waals surface area contributed by atoms with Crippen LogP contribution in [0.4, 0.5) is 0 Å². The Hall–Kier alpha value is -2.10. The van der Waals surface area contributed by atoms with Crippen LogP contribution in [0.3, 0.4) is 0 Å². The first kappa shape index (κ1) is 53.9.